The number of nitrogens with one attached hydrogen (secondary N) is 2. The molecule has 1 atom stereocenters. The fourth-order valence-corrected chi connectivity index (χ4v) is 2.92. The Hall–Kier alpha value is -2.93. The van der Waals surface area contributed by atoms with Gasteiger partial charge in [0.2, 0.25) is 0 Å². The normalized spacial score (nSPS) is 14.4. The van der Waals surface area contributed by atoms with Crippen LogP contribution in [0.3, 0.4) is 0 Å². The van der Waals surface area contributed by atoms with Gasteiger partial charge in [-0.3, -0.25) is 14.4 Å². The molecule has 1 fully saturated rings. The number of aromatic nitrogens is 1. The molecule has 0 bridgehead atoms. The molecule has 142 valence electrons. The minimum atomic E-state index is -0.529. The summed E-state index contributed by atoms with van der Waals surface area (Å²) in [6.45, 7) is 0.227. The molecular weight excluding hydrogens is 346 g/mol. The zero-order valence-corrected chi connectivity index (χ0v) is 15.4. The Morgan fingerprint density at radius 2 is 1.93 bits per heavy atom. The molecule has 2 amide bonds. The van der Waals surface area contributed by atoms with Crippen LogP contribution in [0, 0.1) is 0 Å². The minimum absolute atomic E-state index is 0.0713. The number of nitrogens with zero attached hydrogens (tertiary/aromatic N) is 1. The highest BCUT2D eigenvalue weighted by Crippen LogP contribution is 2.21. The molecule has 0 spiro atoms. The van der Waals surface area contributed by atoms with E-state index in [2.05, 4.69) is 10.6 Å². The molecule has 7 heteroatoms. The summed E-state index contributed by atoms with van der Waals surface area (Å²) in [6.07, 6.45) is 3.40. The SMILES string of the molecule is CNC(=O)c1cc(C(=O)NC2CC2)cn(C(COC)c2ccccc2)c1=O. The van der Waals surface area contributed by atoms with Gasteiger partial charge in [0, 0.05) is 26.4 Å². The van der Waals surface area contributed by atoms with Crippen LogP contribution in [0.2, 0.25) is 0 Å². The Bertz CT molecular complexity index is 888. The van der Waals surface area contributed by atoms with Gasteiger partial charge in [-0.1, -0.05) is 30.3 Å². The first kappa shape index (κ1) is 18.8. The summed E-state index contributed by atoms with van der Waals surface area (Å²) in [4.78, 5) is 37.8. The van der Waals surface area contributed by atoms with Gasteiger partial charge in [0.15, 0.2) is 0 Å². The van der Waals surface area contributed by atoms with Crippen molar-refractivity contribution in [1.82, 2.24) is 15.2 Å². The molecule has 0 radical (unpaired) electrons. The lowest BCUT2D eigenvalue weighted by atomic mass is 10.1. The van der Waals surface area contributed by atoms with E-state index in [0.717, 1.165) is 18.4 Å². The lowest BCUT2D eigenvalue weighted by Gasteiger charge is -2.21. The largest absolute Gasteiger partial charge is 0.382 e. The van der Waals surface area contributed by atoms with Gasteiger partial charge in [-0.25, -0.2) is 0 Å². The number of carbonyl (C=O) groups is 2. The monoisotopic (exact) mass is 369 g/mol. The van der Waals surface area contributed by atoms with Crippen LogP contribution in [0.15, 0.2) is 47.4 Å². The Morgan fingerprint density at radius 3 is 2.52 bits per heavy atom. The van der Waals surface area contributed by atoms with E-state index in [4.69, 9.17) is 4.74 Å². The van der Waals surface area contributed by atoms with Crippen molar-refractivity contribution >= 4 is 11.8 Å². The van der Waals surface area contributed by atoms with Crippen LogP contribution in [0.25, 0.3) is 0 Å². The van der Waals surface area contributed by atoms with Crippen LogP contribution in [-0.4, -0.2) is 43.2 Å². The number of carbonyl (C=O) groups excluding carboxylic acids is 2. The summed E-state index contributed by atoms with van der Waals surface area (Å²) in [5.74, 6) is -0.820. The number of hydrogen-bond donors (Lipinski definition) is 2. The van der Waals surface area contributed by atoms with Crippen LogP contribution in [-0.2, 0) is 4.74 Å². The lowest BCUT2D eigenvalue weighted by molar-refractivity contribution is 0.0949. The molecule has 3 rings (SSSR count). The van der Waals surface area contributed by atoms with E-state index in [1.807, 2.05) is 30.3 Å². The highest BCUT2D eigenvalue weighted by Gasteiger charge is 2.26. The molecule has 27 heavy (non-hydrogen) atoms. The zero-order chi connectivity index (χ0) is 19.4. The van der Waals surface area contributed by atoms with Gasteiger partial charge in [-0.05, 0) is 24.5 Å². The van der Waals surface area contributed by atoms with Crippen molar-refractivity contribution in [1.29, 1.82) is 0 Å². The lowest BCUT2D eigenvalue weighted by Crippen LogP contribution is -2.37. The fourth-order valence-electron chi connectivity index (χ4n) is 2.92. The summed E-state index contributed by atoms with van der Waals surface area (Å²) >= 11 is 0. The van der Waals surface area contributed by atoms with Crippen molar-refractivity contribution in [2.75, 3.05) is 20.8 Å². The van der Waals surface area contributed by atoms with Crippen molar-refractivity contribution in [3.8, 4) is 0 Å². The van der Waals surface area contributed by atoms with Crippen LogP contribution in [0.4, 0.5) is 0 Å². The number of benzene rings is 1. The van der Waals surface area contributed by atoms with E-state index in [-0.39, 0.29) is 29.7 Å². The molecule has 1 unspecified atom stereocenters. The highest BCUT2D eigenvalue weighted by atomic mass is 16.5. The molecule has 2 aromatic rings. The van der Waals surface area contributed by atoms with Gasteiger partial charge in [0.05, 0.1) is 18.2 Å². The topological polar surface area (TPSA) is 89.4 Å². The standard InChI is InChI=1S/C20H23N3O4/c1-21-19(25)16-10-14(18(24)22-15-8-9-15)11-23(20(16)26)17(12-27-2)13-6-4-3-5-7-13/h3-7,10-11,15,17H,8-9,12H2,1-2H3,(H,21,25)(H,22,24). The van der Waals surface area contributed by atoms with Crippen molar-refractivity contribution in [2.45, 2.75) is 24.9 Å². The third kappa shape index (κ3) is 4.25. The van der Waals surface area contributed by atoms with Gasteiger partial charge in [-0.15, -0.1) is 0 Å². The highest BCUT2D eigenvalue weighted by molar-refractivity contribution is 5.99. The fraction of sp³-hybridized carbons (Fsp3) is 0.350. The number of ether oxygens (including phenoxy) is 1. The van der Waals surface area contributed by atoms with E-state index >= 15 is 0 Å². The average molecular weight is 369 g/mol. The summed E-state index contributed by atoms with van der Waals surface area (Å²) in [5.41, 5.74) is 0.586. The van der Waals surface area contributed by atoms with E-state index < -0.39 is 17.5 Å². The first-order valence-corrected chi connectivity index (χ1v) is 8.88. The third-order valence-electron chi connectivity index (χ3n) is 4.53. The van der Waals surface area contributed by atoms with Gasteiger partial charge >= 0.3 is 0 Å². The Kier molecular flexibility index (Phi) is 5.71. The number of methoxy groups -OCH3 is 1. The predicted molar refractivity (Wildman–Crippen MR) is 101 cm³/mol. The van der Waals surface area contributed by atoms with E-state index in [1.165, 1.54) is 23.9 Å². The zero-order valence-electron chi connectivity index (χ0n) is 15.4. The molecule has 7 nitrogen and oxygen atoms in total. The third-order valence-corrected chi connectivity index (χ3v) is 4.53. The second-order valence-corrected chi connectivity index (χ2v) is 6.56. The summed E-state index contributed by atoms with van der Waals surface area (Å²) in [7, 11) is 3.00. The van der Waals surface area contributed by atoms with E-state index in [0.29, 0.717) is 0 Å². The van der Waals surface area contributed by atoms with Gasteiger partial charge in [0.25, 0.3) is 17.4 Å². The Balaban J connectivity index is 2.11. The maximum atomic E-state index is 13.0. The summed E-state index contributed by atoms with van der Waals surface area (Å²) in [6, 6.07) is 10.4. The number of hydrogen-bond acceptors (Lipinski definition) is 4. The smallest absolute Gasteiger partial charge is 0.264 e. The maximum Gasteiger partial charge on any atom is 0.264 e. The quantitative estimate of drug-likeness (QED) is 0.771. The Labute approximate surface area is 157 Å². The molecule has 1 aromatic heterocycles. The molecule has 0 saturated heterocycles. The van der Waals surface area contributed by atoms with Crippen molar-refractivity contribution in [3.63, 3.8) is 0 Å². The molecule has 1 aliphatic rings. The summed E-state index contributed by atoms with van der Waals surface area (Å²) < 4.78 is 6.72. The Morgan fingerprint density at radius 1 is 1.22 bits per heavy atom. The number of amides is 2. The maximum absolute atomic E-state index is 13.0. The molecule has 1 saturated carbocycles. The minimum Gasteiger partial charge on any atom is -0.382 e. The van der Waals surface area contributed by atoms with E-state index in [1.54, 1.807) is 7.11 Å². The predicted octanol–water partition coefficient (Wildman–Crippen LogP) is 1.34. The van der Waals surface area contributed by atoms with E-state index in [9.17, 15) is 14.4 Å². The molecule has 0 aliphatic heterocycles. The molecule has 1 aromatic carbocycles. The van der Waals surface area contributed by atoms with Crippen molar-refractivity contribution in [2.24, 2.45) is 0 Å². The molecule has 1 aliphatic carbocycles. The average Bonchev–Trinajstić information content (AvgIpc) is 3.50. The molecule has 2 N–H and O–H groups in total. The number of pyridine rings is 1. The van der Waals surface area contributed by atoms with Gasteiger partial charge in [-0.2, -0.15) is 0 Å². The van der Waals surface area contributed by atoms with Crippen LogP contribution < -0.4 is 16.2 Å². The van der Waals surface area contributed by atoms with Gasteiger partial charge < -0.3 is 19.9 Å². The molecular formula is C20H23N3O4. The van der Waals surface area contributed by atoms with Crippen LogP contribution >= 0.6 is 0 Å². The van der Waals surface area contributed by atoms with Crippen LogP contribution in [0.1, 0.15) is 45.2 Å². The first-order valence-electron chi connectivity index (χ1n) is 8.88. The number of rotatable bonds is 7. The van der Waals surface area contributed by atoms with Gasteiger partial charge in [0.1, 0.15) is 5.56 Å². The first-order chi connectivity index (χ1) is 13.0. The van der Waals surface area contributed by atoms with Crippen molar-refractivity contribution < 1.29 is 14.3 Å². The summed E-state index contributed by atoms with van der Waals surface area (Å²) in [5, 5.41) is 5.36. The van der Waals surface area contributed by atoms with Crippen molar-refractivity contribution in [3.05, 3.63) is 69.6 Å². The molecule has 1 heterocycles. The second-order valence-electron chi connectivity index (χ2n) is 6.56. The van der Waals surface area contributed by atoms with Crippen LogP contribution in [0.5, 0.6) is 0 Å². The second kappa shape index (κ2) is 8.18.